The summed E-state index contributed by atoms with van der Waals surface area (Å²) in [6.07, 6.45) is 3.75. The van der Waals surface area contributed by atoms with Gasteiger partial charge in [0.2, 0.25) is 0 Å². The van der Waals surface area contributed by atoms with E-state index >= 15 is 0 Å². The highest BCUT2D eigenvalue weighted by Crippen LogP contribution is 2.22. The number of hydrogen-bond acceptors (Lipinski definition) is 7. The van der Waals surface area contributed by atoms with E-state index in [1.165, 1.54) is 0 Å². The minimum absolute atomic E-state index is 0.203. The van der Waals surface area contributed by atoms with Gasteiger partial charge in [-0.05, 0) is 44.4 Å². The summed E-state index contributed by atoms with van der Waals surface area (Å²) in [5, 5.41) is 29.2. The molecule has 7 heteroatoms. The van der Waals surface area contributed by atoms with Crippen molar-refractivity contribution in [2.75, 3.05) is 23.3 Å². The normalized spacial score (nSPS) is 17.6. The Kier molecular flexibility index (Phi) is 4.33. The largest absolute Gasteiger partial charge is 0.363 e. The highest BCUT2D eigenvalue weighted by molar-refractivity contribution is 5.56. The zero-order valence-corrected chi connectivity index (χ0v) is 13.3. The molecule has 0 aromatic carbocycles. The standard InChI is InChI=1S/C16H19N7/c1-11-12(2)20-22-16(14(11)9-17)19-13-5-4-8-23(10-13)15-6-3-7-18-21-15/h3,6-7,13H,4-5,8,10H2,1-2H3,(H,19,22)/t13-/m0/s1. The molecule has 0 bridgehead atoms. The number of nitrogens with one attached hydrogen (secondary N) is 1. The Hall–Kier alpha value is -2.75. The molecule has 0 saturated carbocycles. The summed E-state index contributed by atoms with van der Waals surface area (Å²) in [6.45, 7) is 5.53. The van der Waals surface area contributed by atoms with Crippen LogP contribution < -0.4 is 10.2 Å². The molecule has 0 radical (unpaired) electrons. The highest BCUT2D eigenvalue weighted by Gasteiger charge is 2.23. The molecule has 1 aliphatic rings. The molecule has 118 valence electrons. The van der Waals surface area contributed by atoms with Crippen molar-refractivity contribution in [3.63, 3.8) is 0 Å². The molecule has 7 nitrogen and oxygen atoms in total. The third kappa shape index (κ3) is 3.21. The Morgan fingerprint density at radius 1 is 1.30 bits per heavy atom. The van der Waals surface area contributed by atoms with Gasteiger partial charge in [0.25, 0.3) is 0 Å². The predicted octanol–water partition coefficient (Wildman–Crippen LogP) is 1.84. The Morgan fingerprint density at radius 2 is 2.17 bits per heavy atom. The molecule has 1 atom stereocenters. The number of hydrogen-bond donors (Lipinski definition) is 1. The van der Waals surface area contributed by atoms with Gasteiger partial charge in [0.15, 0.2) is 11.6 Å². The van der Waals surface area contributed by atoms with Gasteiger partial charge >= 0.3 is 0 Å². The molecule has 0 spiro atoms. The predicted molar refractivity (Wildman–Crippen MR) is 87.1 cm³/mol. The molecule has 3 heterocycles. The number of aromatic nitrogens is 4. The summed E-state index contributed by atoms with van der Waals surface area (Å²) in [4.78, 5) is 2.20. The summed E-state index contributed by atoms with van der Waals surface area (Å²) in [7, 11) is 0. The van der Waals surface area contributed by atoms with Crippen LogP contribution in [-0.2, 0) is 0 Å². The Labute approximate surface area is 135 Å². The summed E-state index contributed by atoms with van der Waals surface area (Å²) in [5.41, 5.74) is 2.25. The van der Waals surface area contributed by atoms with Gasteiger partial charge in [-0.15, -0.1) is 10.2 Å². The van der Waals surface area contributed by atoms with E-state index < -0.39 is 0 Å². The van der Waals surface area contributed by atoms with Crippen LogP contribution >= 0.6 is 0 Å². The first-order valence-corrected chi connectivity index (χ1v) is 7.72. The molecule has 23 heavy (non-hydrogen) atoms. The number of nitriles is 1. The summed E-state index contributed by atoms with van der Waals surface area (Å²) in [5.74, 6) is 1.45. The van der Waals surface area contributed by atoms with E-state index in [1.807, 2.05) is 26.0 Å². The van der Waals surface area contributed by atoms with E-state index in [0.717, 1.165) is 43.0 Å². The van der Waals surface area contributed by atoms with Crippen molar-refractivity contribution in [2.24, 2.45) is 0 Å². The van der Waals surface area contributed by atoms with Crippen molar-refractivity contribution < 1.29 is 0 Å². The van der Waals surface area contributed by atoms with E-state index in [1.54, 1.807) is 6.20 Å². The van der Waals surface area contributed by atoms with Crippen LogP contribution in [0.15, 0.2) is 18.3 Å². The minimum atomic E-state index is 0.203. The van der Waals surface area contributed by atoms with Gasteiger partial charge in [-0.3, -0.25) is 0 Å². The molecule has 1 N–H and O–H groups in total. The topological polar surface area (TPSA) is 90.6 Å². The molecule has 1 saturated heterocycles. The van der Waals surface area contributed by atoms with E-state index in [9.17, 15) is 5.26 Å². The molecule has 1 fully saturated rings. The van der Waals surface area contributed by atoms with Crippen LogP contribution in [0.1, 0.15) is 29.7 Å². The van der Waals surface area contributed by atoms with Crippen molar-refractivity contribution in [1.29, 1.82) is 5.26 Å². The molecule has 2 aromatic heterocycles. The molecule has 0 aliphatic carbocycles. The lowest BCUT2D eigenvalue weighted by Gasteiger charge is -2.34. The number of rotatable bonds is 3. The quantitative estimate of drug-likeness (QED) is 0.925. The van der Waals surface area contributed by atoms with Crippen LogP contribution in [0.5, 0.6) is 0 Å². The second-order valence-electron chi connectivity index (χ2n) is 5.76. The fraction of sp³-hybridized carbons (Fsp3) is 0.438. The van der Waals surface area contributed by atoms with E-state index in [4.69, 9.17) is 0 Å². The van der Waals surface area contributed by atoms with Crippen LogP contribution in [0.25, 0.3) is 0 Å². The van der Waals surface area contributed by atoms with Crippen molar-refractivity contribution >= 4 is 11.6 Å². The first-order valence-electron chi connectivity index (χ1n) is 7.72. The lowest BCUT2D eigenvalue weighted by molar-refractivity contribution is 0.523. The van der Waals surface area contributed by atoms with Gasteiger partial charge in [0, 0.05) is 25.3 Å². The third-order valence-electron chi connectivity index (χ3n) is 4.21. The maximum atomic E-state index is 9.40. The highest BCUT2D eigenvalue weighted by atomic mass is 15.3. The Morgan fingerprint density at radius 3 is 2.91 bits per heavy atom. The van der Waals surface area contributed by atoms with Crippen molar-refractivity contribution in [1.82, 2.24) is 20.4 Å². The third-order valence-corrected chi connectivity index (χ3v) is 4.21. The zero-order chi connectivity index (χ0) is 16.2. The number of nitrogens with zero attached hydrogens (tertiary/aromatic N) is 6. The first-order chi connectivity index (χ1) is 11.2. The van der Waals surface area contributed by atoms with Crippen LogP contribution in [-0.4, -0.2) is 39.5 Å². The molecule has 1 aliphatic heterocycles. The summed E-state index contributed by atoms with van der Waals surface area (Å²) < 4.78 is 0. The van der Waals surface area contributed by atoms with Crippen molar-refractivity contribution in [2.45, 2.75) is 32.7 Å². The molecular weight excluding hydrogens is 290 g/mol. The van der Waals surface area contributed by atoms with E-state index in [-0.39, 0.29) is 6.04 Å². The fourth-order valence-electron chi connectivity index (χ4n) is 2.80. The average Bonchev–Trinajstić information content (AvgIpc) is 2.60. The maximum absolute atomic E-state index is 9.40. The summed E-state index contributed by atoms with van der Waals surface area (Å²) >= 11 is 0. The number of piperidine rings is 1. The van der Waals surface area contributed by atoms with Crippen molar-refractivity contribution in [3.05, 3.63) is 35.2 Å². The molecular formula is C16H19N7. The smallest absolute Gasteiger partial charge is 0.167 e. The molecule has 0 unspecified atom stereocenters. The summed E-state index contributed by atoms with van der Waals surface area (Å²) in [6, 6.07) is 6.29. The van der Waals surface area contributed by atoms with E-state index in [2.05, 4.69) is 36.7 Å². The molecule has 0 amide bonds. The maximum Gasteiger partial charge on any atom is 0.167 e. The van der Waals surface area contributed by atoms with Gasteiger partial charge in [0.05, 0.1) is 5.69 Å². The van der Waals surface area contributed by atoms with Gasteiger partial charge in [-0.25, -0.2) is 0 Å². The first kappa shape index (κ1) is 15.2. The van der Waals surface area contributed by atoms with Gasteiger partial charge < -0.3 is 10.2 Å². The minimum Gasteiger partial charge on any atom is -0.363 e. The van der Waals surface area contributed by atoms with Gasteiger partial charge in [0.1, 0.15) is 11.6 Å². The lowest BCUT2D eigenvalue weighted by Crippen LogP contribution is -2.43. The lowest BCUT2D eigenvalue weighted by atomic mass is 10.0. The van der Waals surface area contributed by atoms with Crippen molar-refractivity contribution in [3.8, 4) is 6.07 Å². The van der Waals surface area contributed by atoms with Crippen LogP contribution in [0.4, 0.5) is 11.6 Å². The second-order valence-corrected chi connectivity index (χ2v) is 5.76. The van der Waals surface area contributed by atoms with Crippen LogP contribution in [0, 0.1) is 25.2 Å². The van der Waals surface area contributed by atoms with Gasteiger partial charge in [-0.1, -0.05) is 0 Å². The fourth-order valence-corrected chi connectivity index (χ4v) is 2.80. The second kappa shape index (κ2) is 6.57. The average molecular weight is 309 g/mol. The van der Waals surface area contributed by atoms with Crippen LogP contribution in [0.2, 0.25) is 0 Å². The Bertz CT molecular complexity index is 723. The SMILES string of the molecule is Cc1nnc(N[C@H]2CCCN(c3cccnn3)C2)c(C#N)c1C. The van der Waals surface area contributed by atoms with Crippen LogP contribution in [0.3, 0.4) is 0 Å². The van der Waals surface area contributed by atoms with Gasteiger partial charge in [-0.2, -0.15) is 15.5 Å². The molecule has 2 aromatic rings. The number of aryl methyl sites for hydroxylation is 1. The number of anilines is 2. The zero-order valence-electron chi connectivity index (χ0n) is 13.3. The Balaban J connectivity index is 1.76. The van der Waals surface area contributed by atoms with E-state index in [0.29, 0.717) is 11.4 Å². The monoisotopic (exact) mass is 309 g/mol. The molecule has 3 rings (SSSR count).